The van der Waals surface area contributed by atoms with E-state index in [1.165, 1.54) is 12.1 Å². The summed E-state index contributed by atoms with van der Waals surface area (Å²) < 4.78 is 15.3. The van der Waals surface area contributed by atoms with Gasteiger partial charge in [-0.05, 0) is 18.2 Å². The van der Waals surface area contributed by atoms with Gasteiger partial charge in [0.05, 0.1) is 11.4 Å². The van der Waals surface area contributed by atoms with E-state index in [4.69, 9.17) is 17.3 Å². The smallest absolute Gasteiger partial charge is 0.234 e. The summed E-state index contributed by atoms with van der Waals surface area (Å²) in [4.78, 5) is 22.7. The topological polar surface area (TPSA) is 103 Å². The normalized spacial score (nSPS) is 10.6. The molecule has 0 spiro atoms. The van der Waals surface area contributed by atoms with Crippen LogP contribution in [0, 0.1) is 5.82 Å². The van der Waals surface area contributed by atoms with Gasteiger partial charge in [0.1, 0.15) is 11.6 Å². The van der Waals surface area contributed by atoms with Gasteiger partial charge in [0.2, 0.25) is 11.8 Å². The lowest BCUT2D eigenvalue weighted by Gasteiger charge is -2.06. The fourth-order valence-electron chi connectivity index (χ4n) is 1.83. The second-order valence-corrected chi connectivity index (χ2v) is 6.26. The molecule has 3 N–H and O–H groups in total. The number of primary amides is 1. The zero-order valence-corrected chi connectivity index (χ0v) is 14.3. The molecule has 1 heterocycles. The maximum atomic E-state index is 13.6. The van der Waals surface area contributed by atoms with E-state index in [-0.39, 0.29) is 28.8 Å². The summed E-state index contributed by atoms with van der Waals surface area (Å²) >= 11 is 6.81. The third-order valence-corrected chi connectivity index (χ3v) is 4.31. The monoisotopic (exact) mass is 371 g/mol. The van der Waals surface area contributed by atoms with Crippen LogP contribution in [0.1, 0.15) is 12.2 Å². The molecule has 0 saturated carbocycles. The molecular formula is C14H15ClFN5O2S. The molecule has 0 aliphatic carbocycles. The van der Waals surface area contributed by atoms with Crippen molar-refractivity contribution in [1.29, 1.82) is 0 Å². The van der Waals surface area contributed by atoms with E-state index in [2.05, 4.69) is 15.5 Å². The fourth-order valence-corrected chi connectivity index (χ4v) is 2.72. The molecule has 1 aromatic carbocycles. The van der Waals surface area contributed by atoms with Crippen LogP contribution in [-0.4, -0.2) is 32.3 Å². The first-order valence-corrected chi connectivity index (χ1v) is 8.27. The Labute approximate surface area is 146 Å². The highest BCUT2D eigenvalue weighted by Gasteiger charge is 2.13. The molecule has 0 aliphatic heterocycles. The highest BCUT2D eigenvalue weighted by atomic mass is 35.5. The molecule has 1 aromatic heterocycles. The molecule has 0 bridgehead atoms. The zero-order chi connectivity index (χ0) is 17.7. The molecule has 24 heavy (non-hydrogen) atoms. The Hall–Kier alpha value is -2.13. The average molecular weight is 372 g/mol. The summed E-state index contributed by atoms with van der Waals surface area (Å²) in [6, 6.07) is 4.00. The quantitative estimate of drug-likeness (QED) is 0.722. The minimum absolute atomic E-state index is 0.0316. The first-order valence-electron chi connectivity index (χ1n) is 6.91. The lowest BCUT2D eigenvalue weighted by molar-refractivity contribution is -0.118. The van der Waals surface area contributed by atoms with Gasteiger partial charge in [0, 0.05) is 24.9 Å². The predicted molar refractivity (Wildman–Crippen MR) is 89.3 cm³/mol. The number of thioether (sulfide) groups is 1. The van der Waals surface area contributed by atoms with Gasteiger partial charge in [-0.3, -0.25) is 9.59 Å². The van der Waals surface area contributed by atoms with Crippen LogP contribution >= 0.6 is 23.4 Å². The van der Waals surface area contributed by atoms with Gasteiger partial charge in [-0.25, -0.2) is 4.39 Å². The number of amides is 2. The summed E-state index contributed by atoms with van der Waals surface area (Å²) in [6.07, 6.45) is 0.550. The average Bonchev–Trinajstić information content (AvgIpc) is 2.86. The molecule has 128 valence electrons. The van der Waals surface area contributed by atoms with Crippen molar-refractivity contribution in [3.05, 3.63) is 34.9 Å². The van der Waals surface area contributed by atoms with Crippen LogP contribution in [0.25, 0.3) is 0 Å². The number of aromatic nitrogens is 3. The number of aryl methyl sites for hydroxylation is 1. The van der Waals surface area contributed by atoms with Gasteiger partial charge >= 0.3 is 0 Å². The third-order valence-electron chi connectivity index (χ3n) is 3.06. The number of nitrogens with two attached hydrogens (primary N) is 1. The second kappa shape index (κ2) is 8.11. The molecule has 2 aromatic rings. The number of carbonyl (C=O) groups is 2. The lowest BCUT2D eigenvalue weighted by atomic mass is 10.3. The summed E-state index contributed by atoms with van der Waals surface area (Å²) in [6.45, 7) is 0. The Kier molecular flexibility index (Phi) is 6.16. The van der Waals surface area contributed by atoms with E-state index in [1.807, 2.05) is 0 Å². The third kappa shape index (κ3) is 4.93. The number of rotatable bonds is 7. The number of benzene rings is 1. The van der Waals surface area contributed by atoms with Gasteiger partial charge in [0.15, 0.2) is 5.16 Å². The van der Waals surface area contributed by atoms with Crippen LogP contribution < -0.4 is 11.1 Å². The zero-order valence-electron chi connectivity index (χ0n) is 12.8. The molecule has 0 unspecified atom stereocenters. The van der Waals surface area contributed by atoms with Crippen molar-refractivity contribution in [2.75, 3.05) is 11.1 Å². The van der Waals surface area contributed by atoms with E-state index in [1.54, 1.807) is 11.6 Å². The number of carbonyl (C=O) groups excluding carboxylic acids is 2. The van der Waals surface area contributed by atoms with E-state index in [9.17, 15) is 14.0 Å². The van der Waals surface area contributed by atoms with Crippen LogP contribution in [0.5, 0.6) is 0 Å². The Morgan fingerprint density at radius 2 is 2.17 bits per heavy atom. The lowest BCUT2D eigenvalue weighted by Crippen LogP contribution is -2.15. The molecule has 0 saturated heterocycles. The van der Waals surface area contributed by atoms with Crippen molar-refractivity contribution in [3.63, 3.8) is 0 Å². The molecule has 0 fully saturated rings. The SMILES string of the molecule is Cn1c(CCC(N)=O)nnc1SCC(=O)Nc1ccc(Cl)cc1F. The van der Waals surface area contributed by atoms with Crippen molar-refractivity contribution < 1.29 is 14.0 Å². The molecule has 10 heteroatoms. The predicted octanol–water partition coefficient (Wildman–Crippen LogP) is 1.76. The highest BCUT2D eigenvalue weighted by Crippen LogP contribution is 2.20. The van der Waals surface area contributed by atoms with E-state index < -0.39 is 11.7 Å². The van der Waals surface area contributed by atoms with E-state index in [0.717, 1.165) is 17.8 Å². The maximum Gasteiger partial charge on any atom is 0.234 e. The molecule has 0 radical (unpaired) electrons. The Balaban J connectivity index is 1.91. The second-order valence-electron chi connectivity index (χ2n) is 4.89. The van der Waals surface area contributed by atoms with Crippen molar-refractivity contribution in [3.8, 4) is 0 Å². The van der Waals surface area contributed by atoms with Gasteiger partial charge in [-0.1, -0.05) is 23.4 Å². The number of nitrogens with one attached hydrogen (secondary N) is 1. The summed E-state index contributed by atoms with van der Waals surface area (Å²) in [7, 11) is 1.73. The Morgan fingerprint density at radius 3 is 2.83 bits per heavy atom. The van der Waals surface area contributed by atoms with Gasteiger partial charge in [0.25, 0.3) is 0 Å². The summed E-state index contributed by atoms with van der Waals surface area (Å²) in [5, 5.41) is 11.1. The van der Waals surface area contributed by atoms with Crippen molar-refractivity contribution in [1.82, 2.24) is 14.8 Å². The van der Waals surface area contributed by atoms with Crippen molar-refractivity contribution in [2.24, 2.45) is 12.8 Å². The number of nitrogens with zero attached hydrogens (tertiary/aromatic N) is 3. The molecular weight excluding hydrogens is 357 g/mol. The minimum Gasteiger partial charge on any atom is -0.370 e. The number of halogens is 2. The molecule has 0 atom stereocenters. The molecule has 2 rings (SSSR count). The molecule has 2 amide bonds. The summed E-state index contributed by atoms with van der Waals surface area (Å²) in [5.41, 5.74) is 5.16. The van der Waals surface area contributed by atoms with Crippen LogP contribution in [-0.2, 0) is 23.1 Å². The highest BCUT2D eigenvalue weighted by molar-refractivity contribution is 7.99. The van der Waals surface area contributed by atoms with Crippen LogP contribution in [0.3, 0.4) is 0 Å². The van der Waals surface area contributed by atoms with E-state index in [0.29, 0.717) is 17.4 Å². The minimum atomic E-state index is -0.603. The van der Waals surface area contributed by atoms with Gasteiger partial charge in [-0.2, -0.15) is 0 Å². The number of anilines is 1. The van der Waals surface area contributed by atoms with Crippen LogP contribution in [0.15, 0.2) is 23.4 Å². The largest absolute Gasteiger partial charge is 0.370 e. The van der Waals surface area contributed by atoms with E-state index >= 15 is 0 Å². The Morgan fingerprint density at radius 1 is 1.42 bits per heavy atom. The van der Waals surface area contributed by atoms with Gasteiger partial charge in [-0.15, -0.1) is 10.2 Å². The first kappa shape index (κ1) is 18.2. The van der Waals surface area contributed by atoms with Crippen LogP contribution in [0.4, 0.5) is 10.1 Å². The first-order chi connectivity index (χ1) is 11.4. The van der Waals surface area contributed by atoms with Gasteiger partial charge < -0.3 is 15.6 Å². The van der Waals surface area contributed by atoms with Crippen molar-refractivity contribution in [2.45, 2.75) is 18.0 Å². The standard InChI is InChI=1S/C14H15ClFN5O2S/c1-21-12(5-4-11(17)22)19-20-14(21)24-7-13(23)18-10-3-2-8(15)6-9(10)16/h2-3,6H,4-5,7H2,1H3,(H2,17,22)(H,18,23). The molecule has 7 nitrogen and oxygen atoms in total. The Bertz CT molecular complexity index is 768. The van der Waals surface area contributed by atoms with Crippen LogP contribution in [0.2, 0.25) is 5.02 Å². The van der Waals surface area contributed by atoms with Crippen molar-refractivity contribution >= 4 is 40.9 Å². The maximum absolute atomic E-state index is 13.6. The number of hydrogen-bond donors (Lipinski definition) is 2. The number of hydrogen-bond acceptors (Lipinski definition) is 5. The summed E-state index contributed by atoms with van der Waals surface area (Å²) in [5.74, 6) is -0.780. The fraction of sp³-hybridized carbons (Fsp3) is 0.286. The molecule has 0 aliphatic rings.